The lowest BCUT2D eigenvalue weighted by Gasteiger charge is -2.34. The smallest absolute Gasteiger partial charge is 0.337 e. The molecule has 0 bridgehead atoms. The first-order valence-electron chi connectivity index (χ1n) is 6.39. The first-order valence-corrected chi connectivity index (χ1v) is 6.83. The van der Waals surface area contributed by atoms with Gasteiger partial charge in [-0.3, -0.25) is 4.79 Å². The van der Waals surface area contributed by atoms with Crippen LogP contribution in [0.15, 0.2) is 24.3 Å². The standard InChI is InChI=1S/C14H15ClF3NO/c1-9-6-7-19(8-12(9)15)13(20)10-2-4-11(5-3-10)14(16,17)18/h2-5,9,12H,6-8H2,1H3. The van der Waals surface area contributed by atoms with Crippen molar-refractivity contribution in [1.29, 1.82) is 0 Å². The third-order valence-electron chi connectivity index (χ3n) is 3.61. The number of hydrogen-bond donors (Lipinski definition) is 0. The Bertz CT molecular complexity index is 486. The van der Waals surface area contributed by atoms with Gasteiger partial charge in [0, 0.05) is 18.7 Å². The van der Waals surface area contributed by atoms with Gasteiger partial charge >= 0.3 is 6.18 Å². The Morgan fingerprint density at radius 3 is 2.40 bits per heavy atom. The predicted molar refractivity (Wildman–Crippen MR) is 70.8 cm³/mol. The number of amides is 1. The molecule has 0 radical (unpaired) electrons. The van der Waals surface area contributed by atoms with Crippen LogP contribution in [0.1, 0.15) is 29.3 Å². The molecule has 1 fully saturated rings. The van der Waals surface area contributed by atoms with E-state index in [4.69, 9.17) is 11.6 Å². The molecule has 1 amide bonds. The molecule has 0 aliphatic carbocycles. The summed E-state index contributed by atoms with van der Waals surface area (Å²) in [7, 11) is 0. The zero-order chi connectivity index (χ0) is 14.9. The van der Waals surface area contributed by atoms with E-state index >= 15 is 0 Å². The van der Waals surface area contributed by atoms with Crippen molar-refractivity contribution in [2.45, 2.75) is 24.9 Å². The van der Waals surface area contributed by atoms with Crippen molar-refractivity contribution in [2.24, 2.45) is 5.92 Å². The van der Waals surface area contributed by atoms with Gasteiger partial charge in [0.2, 0.25) is 0 Å². The first-order chi connectivity index (χ1) is 9.29. The Morgan fingerprint density at radius 2 is 1.90 bits per heavy atom. The fourth-order valence-electron chi connectivity index (χ4n) is 2.19. The van der Waals surface area contributed by atoms with Crippen LogP contribution < -0.4 is 0 Å². The number of hydrogen-bond acceptors (Lipinski definition) is 1. The Morgan fingerprint density at radius 1 is 1.30 bits per heavy atom. The van der Waals surface area contributed by atoms with Gasteiger partial charge < -0.3 is 4.90 Å². The summed E-state index contributed by atoms with van der Waals surface area (Å²) >= 11 is 6.14. The normalized spacial score (nSPS) is 23.8. The van der Waals surface area contributed by atoms with Gasteiger partial charge in [-0.2, -0.15) is 13.2 Å². The molecule has 1 saturated heterocycles. The molecule has 110 valence electrons. The van der Waals surface area contributed by atoms with Crippen LogP contribution in [-0.4, -0.2) is 29.3 Å². The van der Waals surface area contributed by atoms with Crippen LogP contribution in [0.3, 0.4) is 0 Å². The molecule has 1 aromatic rings. The summed E-state index contributed by atoms with van der Waals surface area (Å²) < 4.78 is 37.4. The summed E-state index contributed by atoms with van der Waals surface area (Å²) in [5, 5.41) is -0.109. The molecule has 0 spiro atoms. The number of carbonyl (C=O) groups excluding carboxylic acids is 1. The second kappa shape index (κ2) is 5.64. The second-order valence-electron chi connectivity index (χ2n) is 5.11. The maximum absolute atomic E-state index is 12.5. The second-order valence-corrected chi connectivity index (χ2v) is 5.67. The largest absolute Gasteiger partial charge is 0.416 e. The van der Waals surface area contributed by atoms with E-state index in [1.807, 2.05) is 6.92 Å². The highest BCUT2D eigenvalue weighted by Crippen LogP contribution is 2.29. The SMILES string of the molecule is CC1CCN(C(=O)c2ccc(C(F)(F)F)cc2)CC1Cl. The van der Waals surface area contributed by atoms with E-state index in [0.717, 1.165) is 18.6 Å². The van der Waals surface area contributed by atoms with Gasteiger partial charge in [-0.05, 0) is 36.6 Å². The fourth-order valence-corrected chi connectivity index (χ4v) is 2.48. The van der Waals surface area contributed by atoms with E-state index in [-0.39, 0.29) is 16.8 Å². The average Bonchev–Trinajstić information content (AvgIpc) is 2.40. The molecule has 2 rings (SSSR count). The minimum atomic E-state index is -4.39. The van der Waals surface area contributed by atoms with Crippen LogP contribution in [0.2, 0.25) is 0 Å². The molecule has 2 nitrogen and oxygen atoms in total. The summed E-state index contributed by atoms with van der Waals surface area (Å²) in [4.78, 5) is 13.8. The van der Waals surface area contributed by atoms with Crippen molar-refractivity contribution in [3.05, 3.63) is 35.4 Å². The quantitative estimate of drug-likeness (QED) is 0.723. The molecular formula is C14H15ClF3NO. The van der Waals surface area contributed by atoms with Crippen molar-refractivity contribution in [1.82, 2.24) is 4.90 Å². The van der Waals surface area contributed by atoms with Gasteiger partial charge in [0.05, 0.1) is 10.9 Å². The zero-order valence-corrected chi connectivity index (χ0v) is 11.7. The maximum atomic E-state index is 12.5. The lowest BCUT2D eigenvalue weighted by molar-refractivity contribution is -0.137. The number of alkyl halides is 4. The Kier molecular flexibility index (Phi) is 4.28. The predicted octanol–water partition coefficient (Wildman–Crippen LogP) is 3.79. The number of likely N-dealkylation sites (tertiary alicyclic amines) is 1. The van der Waals surface area contributed by atoms with Gasteiger partial charge in [0.1, 0.15) is 0 Å². The average molecular weight is 306 g/mol. The van der Waals surface area contributed by atoms with Crippen LogP contribution in [0.4, 0.5) is 13.2 Å². The highest BCUT2D eigenvalue weighted by molar-refractivity contribution is 6.21. The molecule has 20 heavy (non-hydrogen) atoms. The molecule has 1 aliphatic rings. The summed E-state index contributed by atoms with van der Waals surface area (Å²) in [6, 6.07) is 4.29. The van der Waals surface area contributed by atoms with Gasteiger partial charge in [0.15, 0.2) is 0 Å². The van der Waals surface area contributed by atoms with Gasteiger partial charge in [-0.25, -0.2) is 0 Å². The summed E-state index contributed by atoms with van der Waals surface area (Å²) in [6.45, 7) is 3.05. The number of rotatable bonds is 1. The van der Waals surface area contributed by atoms with Crippen LogP contribution in [-0.2, 0) is 6.18 Å². The molecule has 1 heterocycles. The van der Waals surface area contributed by atoms with Crippen LogP contribution in [0, 0.1) is 5.92 Å². The number of carbonyl (C=O) groups is 1. The third kappa shape index (κ3) is 3.26. The number of nitrogens with zero attached hydrogens (tertiary/aromatic N) is 1. The van der Waals surface area contributed by atoms with Gasteiger partial charge in [0.25, 0.3) is 5.91 Å². The molecular weight excluding hydrogens is 291 g/mol. The highest BCUT2D eigenvalue weighted by Gasteiger charge is 2.31. The van der Waals surface area contributed by atoms with Crippen LogP contribution >= 0.6 is 11.6 Å². The van der Waals surface area contributed by atoms with E-state index in [1.165, 1.54) is 12.1 Å². The first kappa shape index (κ1) is 15.2. The van der Waals surface area contributed by atoms with E-state index in [0.29, 0.717) is 19.0 Å². The molecule has 1 aromatic carbocycles. The lowest BCUT2D eigenvalue weighted by Crippen LogP contribution is -2.43. The fraction of sp³-hybridized carbons (Fsp3) is 0.500. The molecule has 6 heteroatoms. The van der Waals surface area contributed by atoms with Gasteiger partial charge in [-0.15, -0.1) is 11.6 Å². The monoisotopic (exact) mass is 305 g/mol. The van der Waals surface area contributed by atoms with Crippen molar-refractivity contribution in [2.75, 3.05) is 13.1 Å². The maximum Gasteiger partial charge on any atom is 0.416 e. The summed E-state index contributed by atoms with van der Waals surface area (Å²) in [5.74, 6) is 0.0737. The minimum Gasteiger partial charge on any atom is -0.337 e. The van der Waals surface area contributed by atoms with Crippen LogP contribution in [0.25, 0.3) is 0 Å². The number of benzene rings is 1. The number of halogens is 4. The summed E-state index contributed by atoms with van der Waals surface area (Å²) in [6.07, 6.45) is -3.58. The van der Waals surface area contributed by atoms with E-state index in [2.05, 4.69) is 0 Å². The van der Waals surface area contributed by atoms with E-state index in [1.54, 1.807) is 4.90 Å². The molecule has 0 saturated carbocycles. The summed E-state index contributed by atoms with van der Waals surface area (Å²) in [5.41, 5.74) is -0.493. The van der Waals surface area contributed by atoms with Crippen molar-refractivity contribution >= 4 is 17.5 Å². The molecule has 0 aromatic heterocycles. The minimum absolute atomic E-state index is 0.109. The Balaban J connectivity index is 2.10. The molecule has 0 N–H and O–H groups in total. The molecule has 1 aliphatic heterocycles. The molecule has 2 unspecified atom stereocenters. The highest BCUT2D eigenvalue weighted by atomic mass is 35.5. The van der Waals surface area contributed by atoms with E-state index in [9.17, 15) is 18.0 Å². The zero-order valence-electron chi connectivity index (χ0n) is 11.0. The molecule has 2 atom stereocenters. The van der Waals surface area contributed by atoms with Crippen LogP contribution in [0.5, 0.6) is 0 Å². The topological polar surface area (TPSA) is 20.3 Å². The van der Waals surface area contributed by atoms with E-state index < -0.39 is 11.7 Å². The number of piperidine rings is 1. The Hall–Kier alpha value is -1.23. The third-order valence-corrected chi connectivity index (χ3v) is 4.18. The van der Waals surface area contributed by atoms with Crippen molar-refractivity contribution < 1.29 is 18.0 Å². The Labute approximate surface area is 120 Å². The van der Waals surface area contributed by atoms with Gasteiger partial charge in [-0.1, -0.05) is 6.92 Å². The van der Waals surface area contributed by atoms with Crippen molar-refractivity contribution in [3.63, 3.8) is 0 Å². The van der Waals surface area contributed by atoms with Crippen molar-refractivity contribution in [3.8, 4) is 0 Å². The lowest BCUT2D eigenvalue weighted by atomic mass is 9.98.